The maximum atomic E-state index is 13.8. The fourth-order valence-corrected chi connectivity index (χ4v) is 9.20. The molecule has 1 aromatic carbocycles. The zero-order valence-electron chi connectivity index (χ0n) is 21.3. The van der Waals surface area contributed by atoms with Crippen LogP contribution >= 0.6 is 0 Å². The Labute approximate surface area is 217 Å². The Morgan fingerprint density at radius 3 is 2.32 bits per heavy atom. The average molecular weight is 531 g/mol. The largest absolute Gasteiger partial charge is 0.456 e. The third kappa shape index (κ3) is 2.13. The van der Waals surface area contributed by atoms with E-state index in [1.165, 1.54) is 6.92 Å². The van der Waals surface area contributed by atoms with Crippen molar-refractivity contribution in [3.8, 4) is 0 Å². The maximum Gasteiger partial charge on any atom is 0.343 e. The van der Waals surface area contributed by atoms with Gasteiger partial charge in [-0.3, -0.25) is 4.79 Å². The first-order chi connectivity index (χ1) is 17.8. The molecule has 7 rings (SSSR count). The monoisotopic (exact) mass is 530 g/mol. The minimum Gasteiger partial charge on any atom is -0.456 e. The molecule has 4 saturated heterocycles. The van der Waals surface area contributed by atoms with Crippen LogP contribution in [0.4, 0.5) is 0 Å². The van der Waals surface area contributed by atoms with Gasteiger partial charge < -0.3 is 39.0 Å². The second-order valence-corrected chi connectivity index (χ2v) is 12.6. The van der Waals surface area contributed by atoms with Crippen LogP contribution in [-0.4, -0.2) is 81.2 Å². The lowest BCUT2D eigenvalue weighted by Gasteiger charge is -2.48. The SMILES string of the molecule is C[C@@H]1C(=O)OC2[C@H](O)C34C5OC(=O)C3(OC3OC(=O)[C@@H](OCc6ccccc6)C34[C@H](C(C)(C)C)[C@@H]5O)[C@]21O. The topological polar surface area (TPSA) is 158 Å². The van der Waals surface area contributed by atoms with Crippen molar-refractivity contribution >= 4 is 17.9 Å². The van der Waals surface area contributed by atoms with Crippen LogP contribution in [0.3, 0.4) is 0 Å². The Morgan fingerprint density at radius 1 is 0.974 bits per heavy atom. The second kappa shape index (κ2) is 6.95. The van der Waals surface area contributed by atoms with Gasteiger partial charge in [-0.15, -0.1) is 0 Å². The normalized spacial score (nSPS) is 51.8. The van der Waals surface area contributed by atoms with E-state index in [0.29, 0.717) is 0 Å². The maximum absolute atomic E-state index is 13.8. The predicted molar refractivity (Wildman–Crippen MR) is 122 cm³/mol. The van der Waals surface area contributed by atoms with Gasteiger partial charge in [0.2, 0.25) is 11.9 Å². The minimum atomic E-state index is -2.36. The summed E-state index contributed by atoms with van der Waals surface area (Å²) in [6.07, 6.45) is -8.97. The predicted octanol–water partition coefficient (Wildman–Crippen LogP) is -0.174. The van der Waals surface area contributed by atoms with Gasteiger partial charge in [0.25, 0.3) is 0 Å². The summed E-state index contributed by atoms with van der Waals surface area (Å²) in [6, 6.07) is 9.11. The van der Waals surface area contributed by atoms with Gasteiger partial charge in [-0.2, -0.15) is 0 Å². The molecule has 4 heterocycles. The fourth-order valence-electron chi connectivity index (χ4n) is 9.20. The van der Waals surface area contributed by atoms with Crippen LogP contribution in [0.2, 0.25) is 0 Å². The highest BCUT2D eigenvalue weighted by molar-refractivity contribution is 5.94. The van der Waals surface area contributed by atoms with E-state index in [2.05, 4.69) is 0 Å². The summed E-state index contributed by atoms with van der Waals surface area (Å²) in [6.45, 7) is 6.92. The Morgan fingerprint density at radius 2 is 1.66 bits per heavy atom. The molecule has 12 atom stereocenters. The van der Waals surface area contributed by atoms with Crippen LogP contribution in [0.1, 0.15) is 33.3 Å². The first-order valence-electron chi connectivity index (χ1n) is 12.9. The molecule has 11 heteroatoms. The van der Waals surface area contributed by atoms with Crippen molar-refractivity contribution in [2.45, 2.75) is 82.3 Å². The lowest BCUT2D eigenvalue weighted by Crippen LogP contribution is -2.67. The molecule has 3 N–H and O–H groups in total. The van der Waals surface area contributed by atoms with Crippen molar-refractivity contribution in [3.05, 3.63) is 35.9 Å². The molecule has 0 amide bonds. The summed E-state index contributed by atoms with van der Waals surface area (Å²) in [5.74, 6) is -4.79. The molecule has 2 aliphatic carbocycles. The molecule has 6 unspecified atom stereocenters. The van der Waals surface area contributed by atoms with Gasteiger partial charge >= 0.3 is 17.9 Å². The van der Waals surface area contributed by atoms with E-state index < -0.39 is 94.0 Å². The summed E-state index contributed by atoms with van der Waals surface area (Å²) in [7, 11) is 0. The first kappa shape index (κ1) is 24.5. The first-order valence-corrected chi connectivity index (χ1v) is 12.9. The number of hydrogen-bond donors (Lipinski definition) is 3. The van der Waals surface area contributed by atoms with Gasteiger partial charge in [-0.1, -0.05) is 51.1 Å². The number of ether oxygens (including phenoxy) is 5. The Bertz CT molecular complexity index is 1260. The number of fused-ring (bicyclic) bond motifs is 1. The van der Waals surface area contributed by atoms with Crippen molar-refractivity contribution < 1.29 is 53.4 Å². The molecule has 4 aliphatic heterocycles. The van der Waals surface area contributed by atoms with Gasteiger partial charge in [0.1, 0.15) is 12.2 Å². The lowest BCUT2D eigenvalue weighted by molar-refractivity contribution is -0.240. The molecule has 0 radical (unpaired) electrons. The van der Waals surface area contributed by atoms with Crippen molar-refractivity contribution in [2.24, 2.45) is 28.1 Å². The van der Waals surface area contributed by atoms with E-state index in [9.17, 15) is 29.7 Å². The van der Waals surface area contributed by atoms with E-state index in [-0.39, 0.29) is 6.61 Å². The number of carbonyl (C=O) groups excluding carboxylic acids is 3. The summed E-state index contributed by atoms with van der Waals surface area (Å²) in [4.78, 5) is 40.0. The molecular weight excluding hydrogens is 500 g/mol. The van der Waals surface area contributed by atoms with Gasteiger partial charge in [0.05, 0.1) is 29.5 Å². The molecule has 2 spiro atoms. The van der Waals surface area contributed by atoms with E-state index in [1.54, 1.807) is 0 Å². The van der Waals surface area contributed by atoms with Crippen LogP contribution < -0.4 is 0 Å². The Kier molecular flexibility index (Phi) is 4.47. The summed E-state index contributed by atoms with van der Waals surface area (Å²) in [5, 5.41) is 36.1. The lowest BCUT2D eigenvalue weighted by atomic mass is 9.51. The van der Waals surface area contributed by atoms with Crippen molar-refractivity contribution in [2.75, 3.05) is 0 Å². The highest BCUT2D eigenvalue weighted by atomic mass is 16.8. The summed E-state index contributed by atoms with van der Waals surface area (Å²) < 4.78 is 29.6. The van der Waals surface area contributed by atoms with Crippen molar-refractivity contribution in [1.82, 2.24) is 0 Å². The molecule has 6 aliphatic rings. The van der Waals surface area contributed by atoms with E-state index >= 15 is 0 Å². The van der Waals surface area contributed by atoms with Gasteiger partial charge in [0, 0.05) is 5.92 Å². The third-order valence-corrected chi connectivity index (χ3v) is 10.2. The average Bonchev–Trinajstić information content (AvgIpc) is 3.55. The van der Waals surface area contributed by atoms with Crippen molar-refractivity contribution in [1.29, 1.82) is 0 Å². The van der Waals surface area contributed by atoms with Crippen LogP contribution in [-0.2, 0) is 44.7 Å². The third-order valence-electron chi connectivity index (χ3n) is 10.2. The quantitative estimate of drug-likeness (QED) is 0.352. The Hall–Kier alpha value is -2.57. The van der Waals surface area contributed by atoms with E-state index in [4.69, 9.17) is 23.7 Å². The zero-order chi connectivity index (χ0) is 27.2. The van der Waals surface area contributed by atoms with Crippen molar-refractivity contribution in [3.63, 3.8) is 0 Å². The smallest absolute Gasteiger partial charge is 0.343 e. The molecule has 2 saturated carbocycles. The van der Waals surface area contributed by atoms with E-state index in [0.717, 1.165) is 5.56 Å². The number of hydrogen-bond acceptors (Lipinski definition) is 11. The van der Waals surface area contributed by atoms with Crippen LogP contribution in [0.5, 0.6) is 0 Å². The summed E-state index contributed by atoms with van der Waals surface area (Å²) >= 11 is 0. The molecule has 0 aromatic heterocycles. The minimum absolute atomic E-state index is 0.0141. The second-order valence-electron chi connectivity index (χ2n) is 12.6. The van der Waals surface area contributed by atoms with Gasteiger partial charge in [0.15, 0.2) is 17.8 Å². The molecule has 1 aromatic rings. The fraction of sp³-hybridized carbons (Fsp3) is 0.667. The highest BCUT2D eigenvalue weighted by Gasteiger charge is 3.05. The Balaban J connectivity index is 1.50. The number of benzene rings is 1. The molecule has 38 heavy (non-hydrogen) atoms. The van der Waals surface area contributed by atoms with Crippen LogP contribution in [0, 0.1) is 28.1 Å². The van der Waals surface area contributed by atoms with E-state index in [1.807, 2.05) is 51.1 Å². The standard InChI is InChI=1S/C27H30O11/c1-11-19(30)35-17-15(29)25-16-13(28)14(23(2,3)4)24(25)18(34-10-12-8-6-5-7-9-12)20(31)37-22(24)38-27(25,21(32)36-16)26(11,17)33/h5-9,11,13-18,22,28-29,33H,10H2,1-4H3/t11-,13+,14+,15+,16?,17?,18-,22?,24?,25?,26-,27?/m1/s1. The van der Waals surface area contributed by atoms with Crippen LogP contribution in [0.25, 0.3) is 0 Å². The zero-order valence-corrected chi connectivity index (χ0v) is 21.3. The molecule has 0 bridgehead atoms. The number of carbonyl (C=O) groups is 3. The van der Waals surface area contributed by atoms with Gasteiger partial charge in [-0.05, 0) is 17.9 Å². The number of aliphatic hydroxyl groups is 3. The molecular formula is C27H30O11. The summed E-state index contributed by atoms with van der Waals surface area (Å²) in [5.41, 5.74) is -8.32. The van der Waals surface area contributed by atoms with Crippen LogP contribution in [0.15, 0.2) is 30.3 Å². The number of esters is 3. The molecule has 204 valence electrons. The number of aliphatic hydroxyl groups excluding tert-OH is 2. The molecule has 11 nitrogen and oxygen atoms in total. The van der Waals surface area contributed by atoms with Gasteiger partial charge in [-0.25, -0.2) is 9.59 Å². The highest BCUT2D eigenvalue weighted by Crippen LogP contribution is 2.84. The molecule has 6 fully saturated rings. The number of rotatable bonds is 3.